The highest BCUT2D eigenvalue weighted by Gasteiger charge is 2.19. The van der Waals surface area contributed by atoms with E-state index < -0.39 is 0 Å². The van der Waals surface area contributed by atoms with Crippen molar-refractivity contribution in [2.24, 2.45) is 11.7 Å². The monoisotopic (exact) mass is 179 g/mol. The smallest absolute Gasteiger partial charge is 0.120 e. The Balaban J connectivity index is 1.87. The topological polar surface area (TPSA) is 39.2 Å². The Morgan fingerprint density at radius 3 is 2.85 bits per heavy atom. The summed E-state index contributed by atoms with van der Waals surface area (Å²) < 4.78 is 5.28. The molecular formula is C11H17NO. The molecule has 1 aliphatic carbocycles. The summed E-state index contributed by atoms with van der Waals surface area (Å²) in [4.78, 5) is 0. The second-order valence-electron chi connectivity index (χ2n) is 4.01. The van der Waals surface area contributed by atoms with Crippen molar-refractivity contribution in [1.29, 1.82) is 0 Å². The molecule has 2 rings (SSSR count). The molecule has 1 fully saturated rings. The summed E-state index contributed by atoms with van der Waals surface area (Å²) in [6.07, 6.45) is 8.27. The SMILES string of the molecule is NC(CC1CCCC1)c1ccco1. The highest BCUT2D eigenvalue weighted by atomic mass is 16.3. The Morgan fingerprint density at radius 1 is 1.46 bits per heavy atom. The molecule has 0 spiro atoms. The van der Waals surface area contributed by atoms with Gasteiger partial charge in [-0.3, -0.25) is 0 Å². The molecule has 72 valence electrons. The summed E-state index contributed by atoms with van der Waals surface area (Å²) in [5.41, 5.74) is 6.03. The summed E-state index contributed by atoms with van der Waals surface area (Å²) in [5.74, 6) is 1.77. The zero-order chi connectivity index (χ0) is 9.10. The van der Waals surface area contributed by atoms with E-state index in [2.05, 4.69) is 0 Å². The maximum Gasteiger partial charge on any atom is 0.120 e. The summed E-state index contributed by atoms with van der Waals surface area (Å²) in [6.45, 7) is 0. The van der Waals surface area contributed by atoms with E-state index in [9.17, 15) is 0 Å². The van der Waals surface area contributed by atoms with Crippen LogP contribution < -0.4 is 5.73 Å². The lowest BCUT2D eigenvalue weighted by molar-refractivity contribution is 0.391. The Hall–Kier alpha value is -0.760. The summed E-state index contributed by atoms with van der Waals surface area (Å²) in [7, 11) is 0. The molecule has 0 amide bonds. The normalized spacial score (nSPS) is 20.7. The van der Waals surface area contributed by atoms with Crippen molar-refractivity contribution in [3.63, 3.8) is 0 Å². The van der Waals surface area contributed by atoms with Crippen molar-refractivity contribution in [1.82, 2.24) is 0 Å². The Morgan fingerprint density at radius 2 is 2.23 bits per heavy atom. The van der Waals surface area contributed by atoms with Crippen LogP contribution in [-0.4, -0.2) is 0 Å². The molecule has 1 heterocycles. The van der Waals surface area contributed by atoms with Crippen LogP contribution in [0, 0.1) is 5.92 Å². The van der Waals surface area contributed by atoms with Gasteiger partial charge in [-0.2, -0.15) is 0 Å². The van der Waals surface area contributed by atoms with E-state index >= 15 is 0 Å². The van der Waals surface area contributed by atoms with Crippen LogP contribution >= 0.6 is 0 Å². The van der Waals surface area contributed by atoms with Crippen molar-refractivity contribution in [2.45, 2.75) is 38.1 Å². The van der Waals surface area contributed by atoms with Gasteiger partial charge in [-0.25, -0.2) is 0 Å². The molecule has 0 bridgehead atoms. The van der Waals surface area contributed by atoms with Gasteiger partial charge in [-0.1, -0.05) is 25.7 Å². The first-order valence-corrected chi connectivity index (χ1v) is 5.15. The second-order valence-corrected chi connectivity index (χ2v) is 4.01. The number of furan rings is 1. The molecule has 1 unspecified atom stereocenters. The molecule has 0 radical (unpaired) electrons. The van der Waals surface area contributed by atoms with Gasteiger partial charge in [-0.05, 0) is 24.5 Å². The van der Waals surface area contributed by atoms with Crippen LogP contribution in [0.4, 0.5) is 0 Å². The molecule has 2 nitrogen and oxygen atoms in total. The third-order valence-electron chi connectivity index (χ3n) is 2.97. The Bertz CT molecular complexity index is 237. The first-order valence-electron chi connectivity index (χ1n) is 5.15. The summed E-state index contributed by atoms with van der Waals surface area (Å²) >= 11 is 0. The second kappa shape index (κ2) is 3.97. The molecule has 2 N–H and O–H groups in total. The van der Waals surface area contributed by atoms with Crippen molar-refractivity contribution in [3.8, 4) is 0 Å². The van der Waals surface area contributed by atoms with Crippen LogP contribution in [0.2, 0.25) is 0 Å². The fraction of sp³-hybridized carbons (Fsp3) is 0.636. The average molecular weight is 179 g/mol. The fourth-order valence-electron chi connectivity index (χ4n) is 2.22. The highest BCUT2D eigenvalue weighted by Crippen LogP contribution is 2.31. The van der Waals surface area contributed by atoms with Gasteiger partial charge in [0.1, 0.15) is 5.76 Å². The van der Waals surface area contributed by atoms with Gasteiger partial charge in [0.15, 0.2) is 0 Å². The van der Waals surface area contributed by atoms with Gasteiger partial charge in [-0.15, -0.1) is 0 Å². The van der Waals surface area contributed by atoms with Crippen LogP contribution in [-0.2, 0) is 0 Å². The minimum Gasteiger partial charge on any atom is -0.468 e. The van der Waals surface area contributed by atoms with Crippen molar-refractivity contribution >= 4 is 0 Å². The predicted molar refractivity (Wildman–Crippen MR) is 52.2 cm³/mol. The lowest BCUT2D eigenvalue weighted by atomic mass is 9.98. The van der Waals surface area contributed by atoms with Crippen LogP contribution in [0.1, 0.15) is 43.9 Å². The van der Waals surface area contributed by atoms with Crippen LogP contribution in [0.5, 0.6) is 0 Å². The third-order valence-corrected chi connectivity index (χ3v) is 2.97. The first-order chi connectivity index (χ1) is 6.36. The van der Waals surface area contributed by atoms with Crippen LogP contribution in [0.3, 0.4) is 0 Å². The Labute approximate surface area is 79.1 Å². The largest absolute Gasteiger partial charge is 0.468 e. The van der Waals surface area contributed by atoms with Crippen molar-refractivity contribution < 1.29 is 4.42 Å². The molecule has 1 saturated carbocycles. The fourth-order valence-corrected chi connectivity index (χ4v) is 2.22. The van der Waals surface area contributed by atoms with E-state index in [-0.39, 0.29) is 6.04 Å². The van der Waals surface area contributed by atoms with Gasteiger partial charge in [0, 0.05) is 0 Å². The van der Waals surface area contributed by atoms with Gasteiger partial charge < -0.3 is 10.2 Å². The zero-order valence-corrected chi connectivity index (χ0v) is 7.91. The van der Waals surface area contributed by atoms with Crippen LogP contribution in [0.25, 0.3) is 0 Å². The standard InChI is InChI=1S/C11H17NO/c12-10(11-6-3-7-13-11)8-9-4-1-2-5-9/h3,6-7,9-10H,1-2,4-5,8,12H2. The molecule has 1 atom stereocenters. The maximum absolute atomic E-state index is 6.03. The van der Waals surface area contributed by atoms with E-state index in [1.54, 1.807) is 6.26 Å². The van der Waals surface area contributed by atoms with E-state index in [1.165, 1.54) is 25.7 Å². The quantitative estimate of drug-likeness (QED) is 0.774. The number of hydrogen-bond acceptors (Lipinski definition) is 2. The lowest BCUT2D eigenvalue weighted by Crippen LogP contribution is -2.13. The van der Waals surface area contributed by atoms with Crippen molar-refractivity contribution in [2.75, 3.05) is 0 Å². The number of nitrogens with two attached hydrogens (primary N) is 1. The molecule has 13 heavy (non-hydrogen) atoms. The number of hydrogen-bond donors (Lipinski definition) is 1. The van der Waals surface area contributed by atoms with Gasteiger partial charge in [0.2, 0.25) is 0 Å². The van der Waals surface area contributed by atoms with E-state index in [1.807, 2.05) is 12.1 Å². The molecule has 1 aromatic heterocycles. The van der Waals surface area contributed by atoms with E-state index in [0.717, 1.165) is 18.1 Å². The van der Waals surface area contributed by atoms with E-state index in [4.69, 9.17) is 10.2 Å². The lowest BCUT2D eigenvalue weighted by Gasteiger charge is -2.13. The van der Waals surface area contributed by atoms with Crippen molar-refractivity contribution in [3.05, 3.63) is 24.2 Å². The third kappa shape index (κ3) is 2.13. The minimum absolute atomic E-state index is 0.109. The van der Waals surface area contributed by atoms with Gasteiger partial charge in [0.25, 0.3) is 0 Å². The molecule has 1 aromatic rings. The molecule has 0 aromatic carbocycles. The number of rotatable bonds is 3. The van der Waals surface area contributed by atoms with Crippen LogP contribution in [0.15, 0.2) is 22.8 Å². The average Bonchev–Trinajstić information content (AvgIpc) is 2.74. The Kier molecular flexibility index (Phi) is 2.69. The molecule has 2 heteroatoms. The molecule has 1 aliphatic rings. The highest BCUT2D eigenvalue weighted by molar-refractivity contribution is 5.03. The zero-order valence-electron chi connectivity index (χ0n) is 7.91. The maximum atomic E-state index is 6.03. The summed E-state index contributed by atoms with van der Waals surface area (Å²) in [6, 6.07) is 3.99. The molecule has 0 aliphatic heterocycles. The summed E-state index contributed by atoms with van der Waals surface area (Å²) in [5, 5.41) is 0. The molecular weight excluding hydrogens is 162 g/mol. The first kappa shape index (κ1) is 8.82. The minimum atomic E-state index is 0.109. The molecule has 0 saturated heterocycles. The van der Waals surface area contributed by atoms with Gasteiger partial charge in [0.05, 0.1) is 12.3 Å². The van der Waals surface area contributed by atoms with Gasteiger partial charge >= 0.3 is 0 Å². The van der Waals surface area contributed by atoms with E-state index in [0.29, 0.717) is 0 Å². The predicted octanol–water partition coefficient (Wildman–Crippen LogP) is 2.86.